The van der Waals surface area contributed by atoms with Crippen LogP contribution < -0.4 is 27.3 Å². The van der Waals surface area contributed by atoms with Gasteiger partial charge in [-0.05, 0) is 37.1 Å². The number of nitrogens with zero attached hydrogens (tertiary/aromatic N) is 4. The maximum absolute atomic E-state index is 9.30. The number of rotatable bonds is 6. The fraction of sp³-hybridized carbons (Fsp3) is 0.368. The van der Waals surface area contributed by atoms with Gasteiger partial charge in [0.25, 0.3) is 0 Å². The number of benzene rings is 1. The summed E-state index contributed by atoms with van der Waals surface area (Å²) in [5.74, 6) is 1.14. The lowest BCUT2D eigenvalue weighted by Crippen LogP contribution is -2.46. The van der Waals surface area contributed by atoms with E-state index in [9.17, 15) is 5.11 Å². The Hall–Kier alpha value is -3.28. The molecule has 30 heavy (non-hydrogen) atoms. The molecule has 3 aromatic rings. The largest absolute Gasteiger partial charge is 0.494 e. The molecule has 11 heteroatoms. The number of aliphatic hydroxyl groups is 1. The van der Waals surface area contributed by atoms with Gasteiger partial charge in [0.15, 0.2) is 29.1 Å². The van der Waals surface area contributed by atoms with Crippen LogP contribution in [-0.2, 0) is 4.74 Å². The first kappa shape index (κ1) is 20.0. The summed E-state index contributed by atoms with van der Waals surface area (Å²) >= 11 is 0. The first-order valence-corrected chi connectivity index (χ1v) is 9.62. The van der Waals surface area contributed by atoms with Crippen molar-refractivity contribution < 1.29 is 14.6 Å². The van der Waals surface area contributed by atoms with E-state index in [1.54, 1.807) is 0 Å². The molecule has 1 aliphatic rings. The van der Waals surface area contributed by atoms with Crippen molar-refractivity contribution in [2.24, 2.45) is 0 Å². The highest BCUT2D eigenvalue weighted by Crippen LogP contribution is 2.28. The molecule has 0 aliphatic carbocycles. The number of β-amino-alcohol motifs (C(OH)–C–C–N with tert-alkyl or cyclic N) is 1. The van der Waals surface area contributed by atoms with Crippen LogP contribution in [-0.4, -0.2) is 57.1 Å². The highest BCUT2D eigenvalue weighted by molar-refractivity contribution is 5.87. The number of fused-ring (bicyclic) bond motifs is 1. The van der Waals surface area contributed by atoms with Crippen molar-refractivity contribution in [2.75, 3.05) is 37.0 Å². The predicted octanol–water partition coefficient (Wildman–Crippen LogP) is 0.299. The first-order chi connectivity index (χ1) is 14.5. The standard InChI is InChI=1S/C19H24N8O3/c20-16-14(24-15-17(21)26-19(22)27-18(15)25-16)10-3-5-12(6-4-10)29-7-1-2-11-9-30-13(28)8-23-11/h3-6,11,13,23,28H,1-2,7-9H2,(H6,20,21,22,25,26,27). The molecule has 11 nitrogen and oxygen atoms in total. The smallest absolute Gasteiger partial charge is 0.224 e. The molecule has 8 N–H and O–H groups in total. The second kappa shape index (κ2) is 8.61. The number of morpholine rings is 1. The molecule has 1 aromatic carbocycles. The maximum Gasteiger partial charge on any atom is 0.224 e. The number of anilines is 3. The van der Waals surface area contributed by atoms with Crippen LogP contribution in [0.3, 0.4) is 0 Å². The zero-order valence-electron chi connectivity index (χ0n) is 16.3. The SMILES string of the molecule is Nc1nc(N)c2nc(-c3ccc(OCCCC4COC(O)CN4)cc3)c(N)nc2n1. The van der Waals surface area contributed by atoms with Gasteiger partial charge in [-0.25, -0.2) is 9.97 Å². The molecule has 2 aromatic heterocycles. The van der Waals surface area contributed by atoms with Gasteiger partial charge in [0.2, 0.25) is 5.95 Å². The fourth-order valence-electron chi connectivity index (χ4n) is 3.24. The van der Waals surface area contributed by atoms with Gasteiger partial charge in [-0.15, -0.1) is 0 Å². The summed E-state index contributed by atoms with van der Waals surface area (Å²) in [5.41, 5.74) is 19.4. The Kier molecular flexibility index (Phi) is 5.74. The summed E-state index contributed by atoms with van der Waals surface area (Å²) in [7, 11) is 0. The number of nitrogens with two attached hydrogens (primary N) is 3. The van der Waals surface area contributed by atoms with E-state index in [2.05, 4.69) is 25.3 Å². The minimum Gasteiger partial charge on any atom is -0.494 e. The van der Waals surface area contributed by atoms with Crippen molar-refractivity contribution in [3.8, 4) is 17.0 Å². The Morgan fingerprint density at radius 2 is 1.87 bits per heavy atom. The lowest BCUT2D eigenvalue weighted by Gasteiger charge is -2.27. The molecule has 158 valence electrons. The Balaban J connectivity index is 1.38. The third-order valence-corrected chi connectivity index (χ3v) is 4.77. The van der Waals surface area contributed by atoms with Crippen LogP contribution in [0.1, 0.15) is 12.8 Å². The second-order valence-electron chi connectivity index (χ2n) is 7.00. The van der Waals surface area contributed by atoms with Crippen molar-refractivity contribution in [3.63, 3.8) is 0 Å². The third-order valence-electron chi connectivity index (χ3n) is 4.77. The number of aliphatic hydroxyl groups excluding tert-OH is 1. The highest BCUT2D eigenvalue weighted by atomic mass is 16.6. The Morgan fingerprint density at radius 1 is 1.07 bits per heavy atom. The average Bonchev–Trinajstić information content (AvgIpc) is 2.72. The predicted molar refractivity (Wildman–Crippen MR) is 112 cm³/mol. The zero-order chi connectivity index (χ0) is 21.1. The summed E-state index contributed by atoms with van der Waals surface area (Å²) in [6, 6.07) is 7.64. The molecule has 1 saturated heterocycles. The molecular formula is C19H24N8O3. The van der Waals surface area contributed by atoms with E-state index in [0.29, 0.717) is 31.0 Å². The van der Waals surface area contributed by atoms with E-state index >= 15 is 0 Å². The second-order valence-corrected chi connectivity index (χ2v) is 7.00. The summed E-state index contributed by atoms with van der Waals surface area (Å²) in [5, 5.41) is 12.5. The van der Waals surface area contributed by atoms with Gasteiger partial charge in [-0.2, -0.15) is 9.97 Å². The lowest BCUT2D eigenvalue weighted by atomic mass is 10.1. The summed E-state index contributed by atoms with van der Waals surface area (Å²) in [4.78, 5) is 16.7. The molecule has 4 rings (SSSR count). The Labute approximate surface area is 172 Å². The van der Waals surface area contributed by atoms with Crippen LogP contribution in [0.4, 0.5) is 17.6 Å². The van der Waals surface area contributed by atoms with Crippen LogP contribution in [0.25, 0.3) is 22.4 Å². The van der Waals surface area contributed by atoms with Crippen molar-refractivity contribution in [1.29, 1.82) is 0 Å². The van der Waals surface area contributed by atoms with E-state index in [-0.39, 0.29) is 29.3 Å². The highest BCUT2D eigenvalue weighted by Gasteiger charge is 2.18. The van der Waals surface area contributed by atoms with Gasteiger partial charge in [-0.1, -0.05) is 0 Å². The van der Waals surface area contributed by atoms with Crippen molar-refractivity contribution in [2.45, 2.75) is 25.2 Å². The number of nitrogen functional groups attached to an aromatic ring is 3. The van der Waals surface area contributed by atoms with Gasteiger partial charge in [0.05, 0.1) is 13.2 Å². The van der Waals surface area contributed by atoms with Gasteiger partial charge in [0, 0.05) is 18.2 Å². The molecule has 0 radical (unpaired) electrons. The van der Waals surface area contributed by atoms with Gasteiger partial charge in [-0.3, -0.25) is 0 Å². The number of hydrogen-bond acceptors (Lipinski definition) is 11. The molecular weight excluding hydrogens is 388 g/mol. The fourth-order valence-corrected chi connectivity index (χ4v) is 3.24. The number of aromatic nitrogens is 4. The number of nitrogens with one attached hydrogen (secondary N) is 1. The monoisotopic (exact) mass is 412 g/mol. The van der Waals surface area contributed by atoms with Crippen molar-refractivity contribution in [3.05, 3.63) is 24.3 Å². The summed E-state index contributed by atoms with van der Waals surface area (Å²) in [6.45, 7) is 1.54. The molecule has 3 heterocycles. The minimum atomic E-state index is -0.709. The molecule has 1 aliphatic heterocycles. The van der Waals surface area contributed by atoms with Gasteiger partial charge < -0.3 is 37.1 Å². The Bertz CT molecular complexity index is 1020. The number of ether oxygens (including phenoxy) is 2. The van der Waals surface area contributed by atoms with Crippen LogP contribution in [0.15, 0.2) is 24.3 Å². The van der Waals surface area contributed by atoms with E-state index in [1.807, 2.05) is 24.3 Å². The summed E-state index contributed by atoms with van der Waals surface area (Å²) in [6.07, 6.45) is 1.06. The minimum absolute atomic E-state index is 0.0207. The van der Waals surface area contributed by atoms with Crippen LogP contribution in [0.2, 0.25) is 0 Å². The molecule has 0 amide bonds. The van der Waals surface area contributed by atoms with E-state index in [0.717, 1.165) is 24.2 Å². The quantitative estimate of drug-likeness (QED) is 0.351. The van der Waals surface area contributed by atoms with Crippen molar-refractivity contribution >= 4 is 28.7 Å². The lowest BCUT2D eigenvalue weighted by molar-refractivity contribution is -0.126. The van der Waals surface area contributed by atoms with Crippen LogP contribution in [0.5, 0.6) is 5.75 Å². The normalized spacial score (nSPS) is 19.1. The first-order valence-electron chi connectivity index (χ1n) is 9.62. The van der Waals surface area contributed by atoms with Gasteiger partial charge >= 0.3 is 0 Å². The molecule has 0 saturated carbocycles. The molecule has 1 fully saturated rings. The van der Waals surface area contributed by atoms with E-state index < -0.39 is 6.29 Å². The summed E-state index contributed by atoms with van der Waals surface area (Å²) < 4.78 is 11.0. The molecule has 2 unspecified atom stereocenters. The van der Waals surface area contributed by atoms with Crippen LogP contribution >= 0.6 is 0 Å². The van der Waals surface area contributed by atoms with E-state index in [4.69, 9.17) is 26.7 Å². The Morgan fingerprint density at radius 3 is 2.60 bits per heavy atom. The molecule has 2 atom stereocenters. The molecule has 0 bridgehead atoms. The van der Waals surface area contributed by atoms with Gasteiger partial charge in [0.1, 0.15) is 11.4 Å². The van der Waals surface area contributed by atoms with E-state index in [1.165, 1.54) is 0 Å². The number of hydrogen-bond donors (Lipinski definition) is 5. The molecule has 0 spiro atoms. The average molecular weight is 412 g/mol. The maximum atomic E-state index is 9.30. The topological polar surface area (TPSA) is 180 Å². The van der Waals surface area contributed by atoms with Crippen LogP contribution in [0, 0.1) is 0 Å². The zero-order valence-corrected chi connectivity index (χ0v) is 16.3. The third kappa shape index (κ3) is 4.48. The van der Waals surface area contributed by atoms with Crippen molar-refractivity contribution in [1.82, 2.24) is 25.3 Å².